The van der Waals surface area contributed by atoms with Gasteiger partial charge in [-0.3, -0.25) is 0 Å². The third kappa shape index (κ3) is 4.46. The standard InChI is InChI=1S/C24H29N3O2/c1-17-7-10-24(25-15-17)29-19-11-13-27(16-19)23-9-8-21(26-22(23)12-14-28)20-6-4-3-5-18(20)2/h3-10,15,19,21,26,28H,11-14,16H2,1-2H3/t19-,21?/m0/s1. The molecule has 29 heavy (non-hydrogen) atoms. The molecule has 2 aliphatic rings. The number of rotatable bonds is 6. The van der Waals surface area contributed by atoms with Crippen LogP contribution < -0.4 is 10.1 Å². The van der Waals surface area contributed by atoms with Gasteiger partial charge in [0.15, 0.2) is 0 Å². The van der Waals surface area contributed by atoms with Crippen molar-refractivity contribution in [2.45, 2.75) is 38.8 Å². The van der Waals surface area contributed by atoms with Crippen LogP contribution in [0.5, 0.6) is 5.88 Å². The Balaban J connectivity index is 1.46. The maximum atomic E-state index is 9.61. The van der Waals surface area contributed by atoms with Gasteiger partial charge in [-0.05, 0) is 36.6 Å². The third-order valence-corrected chi connectivity index (χ3v) is 5.63. The van der Waals surface area contributed by atoms with Crippen LogP contribution in [0.2, 0.25) is 0 Å². The normalized spacial score (nSPS) is 21.4. The van der Waals surface area contributed by atoms with Gasteiger partial charge in [-0.25, -0.2) is 4.98 Å². The summed E-state index contributed by atoms with van der Waals surface area (Å²) in [4.78, 5) is 6.71. The SMILES string of the molecule is Cc1ccc(O[C@H]2CCN(C3=C(CCO)NC(c4ccccc4C)C=C3)C2)nc1. The molecular formula is C24H29N3O2. The molecule has 4 rings (SSSR count). The number of pyridine rings is 1. The number of benzene rings is 1. The zero-order valence-corrected chi connectivity index (χ0v) is 17.1. The van der Waals surface area contributed by atoms with Gasteiger partial charge < -0.3 is 20.1 Å². The van der Waals surface area contributed by atoms with E-state index in [4.69, 9.17) is 4.74 Å². The summed E-state index contributed by atoms with van der Waals surface area (Å²) >= 11 is 0. The Morgan fingerprint density at radius 2 is 2.07 bits per heavy atom. The lowest BCUT2D eigenvalue weighted by atomic mass is 9.97. The first-order valence-corrected chi connectivity index (χ1v) is 10.3. The van der Waals surface area contributed by atoms with Gasteiger partial charge >= 0.3 is 0 Å². The first-order chi connectivity index (χ1) is 14.1. The highest BCUT2D eigenvalue weighted by Crippen LogP contribution is 2.30. The minimum atomic E-state index is 0.121. The van der Waals surface area contributed by atoms with Crippen LogP contribution in [0, 0.1) is 13.8 Å². The van der Waals surface area contributed by atoms with E-state index in [9.17, 15) is 5.11 Å². The maximum Gasteiger partial charge on any atom is 0.213 e. The number of hydrogen-bond acceptors (Lipinski definition) is 5. The van der Waals surface area contributed by atoms with Crippen LogP contribution in [0.4, 0.5) is 0 Å². The van der Waals surface area contributed by atoms with Gasteiger partial charge in [-0.1, -0.05) is 36.4 Å². The number of aliphatic hydroxyl groups excluding tert-OH is 1. The van der Waals surface area contributed by atoms with E-state index >= 15 is 0 Å². The molecule has 5 nitrogen and oxygen atoms in total. The molecule has 0 bridgehead atoms. The number of aryl methyl sites for hydroxylation is 2. The Hall–Kier alpha value is -2.79. The number of ether oxygens (including phenoxy) is 1. The molecule has 1 saturated heterocycles. The molecule has 3 heterocycles. The fourth-order valence-corrected chi connectivity index (χ4v) is 4.06. The number of likely N-dealkylation sites (tertiary alicyclic amines) is 1. The first kappa shape index (κ1) is 19.5. The zero-order valence-electron chi connectivity index (χ0n) is 17.1. The molecule has 2 atom stereocenters. The molecule has 0 saturated carbocycles. The van der Waals surface area contributed by atoms with E-state index in [-0.39, 0.29) is 18.8 Å². The molecule has 0 radical (unpaired) electrons. The van der Waals surface area contributed by atoms with Crippen LogP contribution in [0.3, 0.4) is 0 Å². The van der Waals surface area contributed by atoms with Crippen molar-refractivity contribution in [1.29, 1.82) is 0 Å². The highest BCUT2D eigenvalue weighted by atomic mass is 16.5. The van der Waals surface area contributed by atoms with E-state index < -0.39 is 0 Å². The summed E-state index contributed by atoms with van der Waals surface area (Å²) < 4.78 is 6.08. The summed E-state index contributed by atoms with van der Waals surface area (Å²) in [6.07, 6.45) is 7.95. The monoisotopic (exact) mass is 391 g/mol. The van der Waals surface area contributed by atoms with E-state index in [1.54, 1.807) is 0 Å². The highest BCUT2D eigenvalue weighted by molar-refractivity contribution is 5.38. The molecule has 1 aromatic heterocycles. The van der Waals surface area contributed by atoms with E-state index in [1.807, 2.05) is 25.3 Å². The summed E-state index contributed by atoms with van der Waals surface area (Å²) in [7, 11) is 0. The number of aromatic nitrogens is 1. The second kappa shape index (κ2) is 8.70. The van der Waals surface area contributed by atoms with Crippen LogP contribution in [-0.4, -0.2) is 40.8 Å². The Morgan fingerprint density at radius 1 is 1.21 bits per heavy atom. The van der Waals surface area contributed by atoms with Crippen molar-refractivity contribution >= 4 is 0 Å². The average Bonchev–Trinajstić information content (AvgIpc) is 3.18. The smallest absolute Gasteiger partial charge is 0.213 e. The fraction of sp³-hybridized carbons (Fsp3) is 0.375. The van der Waals surface area contributed by atoms with Gasteiger partial charge in [-0.15, -0.1) is 0 Å². The van der Waals surface area contributed by atoms with Crippen molar-refractivity contribution < 1.29 is 9.84 Å². The molecule has 0 aliphatic carbocycles. The number of hydrogen-bond donors (Lipinski definition) is 2. The van der Waals surface area contributed by atoms with Gasteiger partial charge in [0.1, 0.15) is 6.10 Å². The summed E-state index contributed by atoms with van der Waals surface area (Å²) in [6, 6.07) is 12.5. The molecule has 152 valence electrons. The Bertz CT molecular complexity index is 905. The molecule has 1 fully saturated rings. The topological polar surface area (TPSA) is 57.6 Å². The van der Waals surface area contributed by atoms with Gasteiger partial charge in [0.05, 0.1) is 18.3 Å². The van der Waals surface area contributed by atoms with Crippen LogP contribution in [-0.2, 0) is 0 Å². The zero-order chi connectivity index (χ0) is 20.2. The second-order valence-corrected chi connectivity index (χ2v) is 7.82. The Morgan fingerprint density at radius 3 is 2.83 bits per heavy atom. The lowest BCUT2D eigenvalue weighted by Crippen LogP contribution is -2.32. The molecule has 2 aromatic rings. The summed E-state index contributed by atoms with van der Waals surface area (Å²) in [5, 5.41) is 13.3. The Labute approximate surface area is 172 Å². The van der Waals surface area contributed by atoms with Crippen LogP contribution >= 0.6 is 0 Å². The number of nitrogens with zero attached hydrogens (tertiary/aromatic N) is 2. The molecule has 1 unspecified atom stereocenters. The third-order valence-electron chi connectivity index (χ3n) is 5.63. The van der Waals surface area contributed by atoms with Crippen molar-refractivity contribution in [1.82, 2.24) is 15.2 Å². The predicted molar refractivity (Wildman–Crippen MR) is 115 cm³/mol. The molecule has 0 spiro atoms. The fourth-order valence-electron chi connectivity index (χ4n) is 4.06. The van der Waals surface area contributed by atoms with Crippen molar-refractivity contribution in [2.24, 2.45) is 0 Å². The molecular weight excluding hydrogens is 362 g/mol. The lowest BCUT2D eigenvalue weighted by Gasteiger charge is -2.31. The lowest BCUT2D eigenvalue weighted by molar-refractivity contribution is 0.201. The molecule has 2 aliphatic heterocycles. The van der Waals surface area contributed by atoms with Gasteiger partial charge in [0, 0.05) is 44.0 Å². The number of aliphatic hydroxyl groups is 1. The van der Waals surface area contributed by atoms with Crippen molar-refractivity contribution in [3.05, 3.63) is 82.8 Å². The summed E-state index contributed by atoms with van der Waals surface area (Å²) in [5.41, 5.74) is 5.92. The molecule has 0 amide bonds. The summed E-state index contributed by atoms with van der Waals surface area (Å²) in [5.74, 6) is 0.684. The molecule has 2 N–H and O–H groups in total. The minimum absolute atomic E-state index is 0.121. The first-order valence-electron chi connectivity index (χ1n) is 10.3. The maximum absolute atomic E-state index is 9.61. The predicted octanol–water partition coefficient (Wildman–Crippen LogP) is 3.65. The largest absolute Gasteiger partial charge is 0.472 e. The quantitative estimate of drug-likeness (QED) is 0.787. The highest BCUT2D eigenvalue weighted by Gasteiger charge is 2.28. The van der Waals surface area contributed by atoms with E-state index in [2.05, 4.69) is 58.5 Å². The summed E-state index contributed by atoms with van der Waals surface area (Å²) in [6.45, 7) is 6.04. The van der Waals surface area contributed by atoms with Crippen molar-refractivity contribution in [2.75, 3.05) is 19.7 Å². The van der Waals surface area contributed by atoms with Crippen LogP contribution in [0.1, 0.15) is 35.6 Å². The number of allylic oxidation sites excluding steroid dienone is 1. The molecule has 5 heteroatoms. The van der Waals surface area contributed by atoms with Crippen LogP contribution in [0.25, 0.3) is 0 Å². The van der Waals surface area contributed by atoms with Gasteiger partial charge in [-0.2, -0.15) is 0 Å². The van der Waals surface area contributed by atoms with E-state index in [1.165, 1.54) is 11.1 Å². The second-order valence-electron chi connectivity index (χ2n) is 7.82. The van der Waals surface area contributed by atoms with E-state index in [0.29, 0.717) is 12.3 Å². The Kier molecular flexibility index (Phi) is 5.86. The average molecular weight is 392 g/mol. The van der Waals surface area contributed by atoms with Crippen LogP contribution in [0.15, 0.2) is 66.1 Å². The van der Waals surface area contributed by atoms with Gasteiger partial charge in [0.2, 0.25) is 5.88 Å². The number of nitrogens with one attached hydrogen (secondary N) is 1. The van der Waals surface area contributed by atoms with Gasteiger partial charge in [0.25, 0.3) is 0 Å². The van der Waals surface area contributed by atoms with Crippen molar-refractivity contribution in [3.8, 4) is 5.88 Å². The minimum Gasteiger partial charge on any atom is -0.472 e. The van der Waals surface area contributed by atoms with Crippen molar-refractivity contribution in [3.63, 3.8) is 0 Å². The molecule has 1 aromatic carbocycles. The van der Waals surface area contributed by atoms with E-state index in [0.717, 1.165) is 36.5 Å². The number of dihydropyridines is 1.